The van der Waals surface area contributed by atoms with Crippen LogP contribution in [0.4, 0.5) is 0 Å². The van der Waals surface area contributed by atoms with E-state index in [-0.39, 0.29) is 36.9 Å². The Morgan fingerprint density at radius 1 is 1.28 bits per heavy atom. The van der Waals surface area contributed by atoms with E-state index in [9.17, 15) is 24.9 Å². The number of carbonyl (C=O) groups is 2. The highest BCUT2D eigenvalue weighted by Crippen LogP contribution is 2.50. The molecule has 0 radical (unpaired) electrons. The molecular weight excluding hydrogens is 412 g/mol. The molecule has 9 atom stereocenters. The van der Waals surface area contributed by atoms with Gasteiger partial charge in [0.2, 0.25) is 0 Å². The van der Waals surface area contributed by atoms with Crippen molar-refractivity contribution in [2.45, 2.75) is 97.4 Å². The fourth-order valence-corrected chi connectivity index (χ4v) is 5.56. The molecule has 3 rings (SSSR count). The van der Waals surface area contributed by atoms with Gasteiger partial charge in [-0.3, -0.25) is 9.59 Å². The molecule has 1 aliphatic heterocycles. The second-order valence-corrected chi connectivity index (χ2v) is 9.89. The fraction of sp³-hybridized carbons (Fsp3) is 0.840. The zero-order valence-electron chi connectivity index (χ0n) is 25.0. The molecule has 0 aromatic rings. The normalized spacial score (nSPS) is 43.7. The number of hydrogen-bond acceptors (Lipinski definition) is 7. The highest BCUT2D eigenvalue weighted by atomic mass is 16.6. The smallest absolute Gasteiger partial charge is 0.311 e. The summed E-state index contributed by atoms with van der Waals surface area (Å²) in [5, 5.41) is 31.7. The van der Waals surface area contributed by atoms with Crippen LogP contribution in [0.1, 0.15) is 81.2 Å². The highest BCUT2D eigenvalue weighted by Gasteiger charge is 2.51. The Morgan fingerprint density at radius 3 is 2.62 bits per heavy atom. The standard InChI is InChI=1S/C25H40O7/c1-6-25(4,5)24(30)32-20-9-13(2)23(29)18-12-19(27)14(3)17(22(18)20)8-7-16-10-15(26)11-21(28)31-16/h12-18,20,22-23,26-27,29H,6-11H2,1-5H3/t13-,14-,15-,16-,17+,18?,20+,22-,23?/m1/s1/i4D3,5D3. The third-order valence-electron chi connectivity index (χ3n) is 7.62. The lowest BCUT2D eigenvalue weighted by atomic mass is 9.59. The number of fused-ring (bicyclic) bond motifs is 1. The van der Waals surface area contributed by atoms with Gasteiger partial charge in [-0.05, 0) is 57.3 Å². The molecule has 7 heteroatoms. The van der Waals surface area contributed by atoms with Crippen LogP contribution in [-0.2, 0) is 19.1 Å². The molecule has 2 fully saturated rings. The molecule has 32 heavy (non-hydrogen) atoms. The lowest BCUT2D eigenvalue weighted by Crippen LogP contribution is -2.53. The molecule has 182 valence electrons. The van der Waals surface area contributed by atoms with E-state index in [4.69, 9.17) is 17.7 Å². The Bertz CT molecular complexity index is 903. The van der Waals surface area contributed by atoms with Crippen LogP contribution in [-0.4, -0.2) is 51.7 Å². The number of rotatable bonds is 6. The maximum atomic E-state index is 13.5. The minimum atomic E-state index is -3.15. The molecule has 0 aromatic carbocycles. The maximum absolute atomic E-state index is 13.5. The predicted octanol–water partition coefficient (Wildman–Crippen LogP) is 3.52. The number of esters is 2. The van der Waals surface area contributed by atoms with Crippen LogP contribution < -0.4 is 0 Å². The van der Waals surface area contributed by atoms with Crippen LogP contribution in [0.25, 0.3) is 0 Å². The van der Waals surface area contributed by atoms with Crippen molar-refractivity contribution in [2.75, 3.05) is 0 Å². The number of carbonyl (C=O) groups excluding carboxylic acids is 2. The van der Waals surface area contributed by atoms with E-state index >= 15 is 0 Å². The molecular formula is C25H40O7. The average Bonchev–Trinajstić information content (AvgIpc) is 2.76. The van der Waals surface area contributed by atoms with Gasteiger partial charge in [0.25, 0.3) is 0 Å². The highest BCUT2D eigenvalue weighted by molar-refractivity contribution is 5.76. The number of allylic oxidation sites excluding steroid dienone is 1. The molecule has 0 aromatic heterocycles. The monoisotopic (exact) mass is 458 g/mol. The second-order valence-electron chi connectivity index (χ2n) is 9.89. The van der Waals surface area contributed by atoms with Crippen LogP contribution in [0.5, 0.6) is 0 Å². The summed E-state index contributed by atoms with van der Waals surface area (Å²) < 4.78 is 58.8. The second kappa shape index (κ2) is 9.72. The minimum absolute atomic E-state index is 0.0706. The van der Waals surface area contributed by atoms with E-state index in [0.717, 1.165) is 0 Å². The first-order chi connectivity index (χ1) is 17.4. The maximum Gasteiger partial charge on any atom is 0.311 e. The van der Waals surface area contributed by atoms with Gasteiger partial charge >= 0.3 is 11.9 Å². The Hall–Kier alpha value is -1.60. The molecule has 0 bridgehead atoms. The molecule has 3 N–H and O–H groups in total. The molecule has 2 unspecified atom stereocenters. The van der Waals surface area contributed by atoms with Crippen molar-refractivity contribution in [3.63, 3.8) is 0 Å². The Labute approximate surface area is 199 Å². The van der Waals surface area contributed by atoms with Gasteiger partial charge in [0.15, 0.2) is 0 Å². The molecule has 1 heterocycles. The summed E-state index contributed by atoms with van der Waals surface area (Å²) >= 11 is 0. The van der Waals surface area contributed by atoms with E-state index in [1.807, 2.05) is 0 Å². The molecule has 1 saturated carbocycles. The summed E-state index contributed by atoms with van der Waals surface area (Å²) in [7, 11) is 0. The van der Waals surface area contributed by atoms with E-state index in [2.05, 4.69) is 0 Å². The molecule has 0 amide bonds. The van der Waals surface area contributed by atoms with Crippen molar-refractivity contribution >= 4 is 11.9 Å². The summed E-state index contributed by atoms with van der Waals surface area (Å²) in [4.78, 5) is 25.3. The third-order valence-corrected chi connectivity index (χ3v) is 7.62. The van der Waals surface area contributed by atoms with Gasteiger partial charge < -0.3 is 24.8 Å². The minimum Gasteiger partial charge on any atom is -0.512 e. The zero-order chi connectivity index (χ0) is 28.8. The topological polar surface area (TPSA) is 113 Å². The lowest BCUT2D eigenvalue weighted by Gasteiger charge is -2.50. The molecule has 1 saturated heterocycles. The number of aliphatic hydroxyl groups excluding tert-OH is 3. The average molecular weight is 459 g/mol. The van der Waals surface area contributed by atoms with Gasteiger partial charge in [-0.15, -0.1) is 0 Å². The van der Waals surface area contributed by atoms with Crippen molar-refractivity contribution in [3.8, 4) is 0 Å². The van der Waals surface area contributed by atoms with Crippen molar-refractivity contribution in [2.24, 2.45) is 35.0 Å². The summed E-state index contributed by atoms with van der Waals surface area (Å²) in [6.07, 6.45) is -0.884. The van der Waals surface area contributed by atoms with Gasteiger partial charge in [-0.1, -0.05) is 20.8 Å². The van der Waals surface area contributed by atoms with E-state index in [1.54, 1.807) is 19.9 Å². The Morgan fingerprint density at radius 2 is 2.00 bits per heavy atom. The van der Waals surface area contributed by atoms with Gasteiger partial charge in [-0.2, -0.15) is 0 Å². The SMILES string of the molecule is [2H]C([2H])([2H])C(CC)(C(=O)O[C@H]1C[C@@H](C)C(O)C2C=C(O)[C@H](C)[C@H](CC[C@@H]3C[C@@H](O)CC(=O)O3)[C@H]21)C([2H])([2H])[2H]. The number of cyclic esters (lactones) is 1. The van der Waals surface area contributed by atoms with Crippen molar-refractivity contribution < 1.29 is 42.6 Å². The van der Waals surface area contributed by atoms with Crippen molar-refractivity contribution in [1.29, 1.82) is 0 Å². The number of ether oxygens (including phenoxy) is 2. The summed E-state index contributed by atoms with van der Waals surface area (Å²) in [5.41, 5.74) is -2.71. The summed E-state index contributed by atoms with van der Waals surface area (Å²) in [6, 6.07) is 0. The first-order valence-corrected chi connectivity index (χ1v) is 11.6. The summed E-state index contributed by atoms with van der Waals surface area (Å²) in [6.45, 7) is -1.41. The van der Waals surface area contributed by atoms with E-state index in [1.165, 1.54) is 6.92 Å². The Balaban J connectivity index is 1.94. The Kier molecular flexibility index (Phi) is 5.41. The number of aliphatic hydroxyl groups is 3. The quantitative estimate of drug-likeness (QED) is 0.522. The van der Waals surface area contributed by atoms with Crippen molar-refractivity contribution in [1.82, 2.24) is 0 Å². The van der Waals surface area contributed by atoms with Crippen LogP contribution in [0.3, 0.4) is 0 Å². The van der Waals surface area contributed by atoms with Gasteiger partial charge in [-0.25, -0.2) is 0 Å². The largest absolute Gasteiger partial charge is 0.512 e. The summed E-state index contributed by atoms with van der Waals surface area (Å²) in [5.74, 6) is -4.05. The van der Waals surface area contributed by atoms with Crippen LogP contribution in [0.2, 0.25) is 0 Å². The molecule has 7 nitrogen and oxygen atoms in total. The van der Waals surface area contributed by atoms with Gasteiger partial charge in [0, 0.05) is 32.4 Å². The molecule has 3 aliphatic rings. The lowest BCUT2D eigenvalue weighted by molar-refractivity contribution is -0.177. The molecule has 0 spiro atoms. The molecule has 2 aliphatic carbocycles. The third kappa shape index (κ3) is 5.14. The predicted molar refractivity (Wildman–Crippen MR) is 118 cm³/mol. The van der Waals surface area contributed by atoms with Gasteiger partial charge in [0.05, 0.1) is 29.8 Å². The van der Waals surface area contributed by atoms with Crippen LogP contribution in [0, 0.1) is 35.0 Å². The van der Waals surface area contributed by atoms with E-state index in [0.29, 0.717) is 12.8 Å². The van der Waals surface area contributed by atoms with Crippen LogP contribution in [0.15, 0.2) is 11.8 Å². The fourth-order valence-electron chi connectivity index (χ4n) is 5.56. The zero-order valence-corrected chi connectivity index (χ0v) is 19.0. The number of hydrogen-bond donors (Lipinski definition) is 3. The van der Waals surface area contributed by atoms with Crippen molar-refractivity contribution in [3.05, 3.63) is 11.8 Å². The van der Waals surface area contributed by atoms with E-state index < -0.39 is 79.6 Å². The first kappa shape index (κ1) is 17.8. The van der Waals surface area contributed by atoms with Crippen LogP contribution >= 0.6 is 0 Å². The first-order valence-electron chi connectivity index (χ1n) is 14.6. The van der Waals surface area contributed by atoms with Gasteiger partial charge in [0.1, 0.15) is 12.2 Å².